The van der Waals surface area contributed by atoms with E-state index >= 15 is 0 Å². The van der Waals surface area contributed by atoms with Gasteiger partial charge >= 0.3 is 17.8 Å². The largest absolute Gasteiger partial charge is 0.493 e. The Morgan fingerprint density at radius 1 is 0.700 bits per heavy atom. The van der Waals surface area contributed by atoms with Crippen molar-refractivity contribution >= 4 is 18.5 Å². The van der Waals surface area contributed by atoms with Gasteiger partial charge in [-0.1, -0.05) is 45.0 Å². The van der Waals surface area contributed by atoms with E-state index in [1.54, 1.807) is 0 Å². The quantitative estimate of drug-likeness (QED) is 0.129. The Morgan fingerprint density at radius 2 is 1.12 bits per heavy atom. The molecule has 0 unspecified atom stereocenters. The third-order valence-electron chi connectivity index (χ3n) is 6.50. The van der Waals surface area contributed by atoms with Gasteiger partial charge in [0.2, 0.25) is 11.5 Å². The van der Waals surface area contributed by atoms with Crippen molar-refractivity contribution in [3.63, 3.8) is 0 Å². The Balaban J connectivity index is 2.02. The van der Waals surface area contributed by atoms with Gasteiger partial charge in [0.25, 0.3) is 0 Å². The number of methoxy groups -OCH3 is 2. The minimum absolute atomic E-state index is 0.0834. The summed E-state index contributed by atoms with van der Waals surface area (Å²) in [5, 5.41) is 0. The lowest BCUT2D eigenvalue weighted by atomic mass is 10.1. The molecule has 4 nitrogen and oxygen atoms in total. The fraction of sp³-hybridized carbons (Fsp3) is 0.500. The van der Waals surface area contributed by atoms with Crippen molar-refractivity contribution in [3.8, 4) is 23.0 Å². The first-order valence-corrected chi connectivity index (χ1v) is 17.1. The summed E-state index contributed by atoms with van der Waals surface area (Å²) in [7, 11) is 0.628. The molecule has 0 spiro atoms. The van der Waals surface area contributed by atoms with E-state index in [4.69, 9.17) is 30.0 Å². The van der Waals surface area contributed by atoms with Crippen LogP contribution in [0.3, 0.4) is 0 Å². The second-order valence-corrected chi connectivity index (χ2v) is 17.2. The van der Waals surface area contributed by atoms with Crippen LogP contribution in [0.15, 0.2) is 47.9 Å². The van der Waals surface area contributed by atoms with Crippen LogP contribution in [0.25, 0.3) is 0 Å². The first-order valence-electron chi connectivity index (χ1n) is 12.9. The van der Waals surface area contributed by atoms with E-state index < -0.39 is 48.2 Å². The van der Waals surface area contributed by atoms with Crippen LogP contribution >= 0.6 is 11.1 Å². The maximum Gasteiger partial charge on any atom is 0.387 e. The Morgan fingerprint density at radius 3 is 1.50 bits per heavy atom. The Bertz CT molecular complexity index is 1230. The summed E-state index contributed by atoms with van der Waals surface area (Å²) in [6.45, 7) is 5.99. The highest BCUT2D eigenvalue weighted by molar-refractivity contribution is 7.19. The fourth-order valence-electron chi connectivity index (χ4n) is 4.21. The first-order chi connectivity index (χ1) is 18.6. The number of unbranched alkanes of at least 4 members (excludes halogenated alkanes) is 1. The monoisotopic (exact) mass is 610 g/mol. The molecule has 2 aromatic carbocycles. The van der Waals surface area contributed by atoms with Gasteiger partial charge in [0.1, 0.15) is 0 Å². The smallest absolute Gasteiger partial charge is 0.387 e. The molecule has 0 radical (unpaired) electrons. The average molecular weight is 611 g/mol. The van der Waals surface area contributed by atoms with Gasteiger partial charge in [0.05, 0.1) is 14.2 Å². The number of rotatable bonds is 13. The van der Waals surface area contributed by atoms with E-state index in [1.165, 1.54) is 50.6 Å². The summed E-state index contributed by atoms with van der Waals surface area (Å²) in [6, 6.07) is 9.22. The highest BCUT2D eigenvalue weighted by Gasteiger charge is 2.83. The van der Waals surface area contributed by atoms with Gasteiger partial charge in [-0.25, -0.2) is 0 Å². The van der Waals surface area contributed by atoms with E-state index in [-0.39, 0.29) is 11.5 Å². The van der Waals surface area contributed by atoms with Gasteiger partial charge in [-0.3, -0.25) is 0 Å². The van der Waals surface area contributed by atoms with Crippen molar-refractivity contribution in [3.05, 3.63) is 59.0 Å². The molecule has 222 valence electrons. The van der Waals surface area contributed by atoms with Crippen LogP contribution in [0.5, 0.6) is 23.0 Å². The summed E-state index contributed by atoms with van der Waals surface area (Å²) in [5.74, 6) is -21.7. The van der Waals surface area contributed by atoms with Crippen LogP contribution in [-0.4, -0.2) is 39.4 Å². The maximum atomic E-state index is 14.9. The van der Waals surface area contributed by atoms with Crippen molar-refractivity contribution in [2.75, 3.05) is 14.2 Å². The van der Waals surface area contributed by atoms with Crippen LogP contribution < -0.4 is 18.9 Å². The third-order valence-corrected chi connectivity index (χ3v) is 8.61. The predicted octanol–water partition coefficient (Wildman–Crippen LogP) is 9.01. The molecule has 3 rings (SSSR count). The number of ether oxygens (including phenoxy) is 4. The zero-order chi connectivity index (χ0) is 29.9. The first kappa shape index (κ1) is 32.0. The molecule has 0 fully saturated rings. The average Bonchev–Trinajstić information content (AvgIpc) is 2.97. The zero-order valence-corrected chi connectivity index (χ0v) is 24.7. The summed E-state index contributed by atoms with van der Waals surface area (Å²) in [5.41, 5.74) is 1.51. The molecular weight excluding hydrogens is 578 g/mol. The highest BCUT2D eigenvalue weighted by atomic mass is 35.6. The molecule has 2 aromatic rings. The van der Waals surface area contributed by atoms with Crippen molar-refractivity contribution in [2.45, 2.75) is 75.9 Å². The van der Waals surface area contributed by atoms with Crippen molar-refractivity contribution in [1.29, 1.82) is 0 Å². The molecule has 0 atom stereocenters. The van der Waals surface area contributed by atoms with Crippen LogP contribution in [0.1, 0.15) is 37.3 Å². The molecule has 0 aliphatic heterocycles. The second-order valence-electron chi connectivity index (χ2n) is 10.2. The lowest BCUT2D eigenvalue weighted by molar-refractivity contribution is -0.273. The number of aryl methyl sites for hydroxylation is 2. The van der Waals surface area contributed by atoms with Gasteiger partial charge < -0.3 is 18.9 Å². The van der Waals surface area contributed by atoms with Gasteiger partial charge in [0, 0.05) is 0 Å². The lowest BCUT2D eigenvalue weighted by Gasteiger charge is -2.24. The summed E-state index contributed by atoms with van der Waals surface area (Å²) >= 11 is 6.35. The molecule has 1 aliphatic carbocycles. The van der Waals surface area contributed by atoms with E-state index in [2.05, 4.69) is 0 Å². The summed E-state index contributed by atoms with van der Waals surface area (Å²) in [4.78, 5) is 0. The van der Waals surface area contributed by atoms with Crippen molar-refractivity contribution in [2.24, 2.45) is 0 Å². The number of halogens is 7. The molecule has 0 saturated heterocycles. The molecule has 40 heavy (non-hydrogen) atoms. The van der Waals surface area contributed by atoms with Crippen LogP contribution in [0.2, 0.25) is 19.1 Å². The highest BCUT2D eigenvalue weighted by Crippen LogP contribution is 2.60. The number of hydrogen-bond donors (Lipinski definition) is 0. The van der Waals surface area contributed by atoms with Crippen LogP contribution in [0.4, 0.5) is 26.3 Å². The molecule has 0 amide bonds. The molecule has 0 bridgehead atoms. The van der Waals surface area contributed by atoms with Crippen LogP contribution in [0, 0.1) is 0 Å². The molecule has 0 heterocycles. The minimum Gasteiger partial charge on any atom is -0.493 e. The number of benzene rings is 2. The van der Waals surface area contributed by atoms with E-state index in [0.29, 0.717) is 12.8 Å². The second kappa shape index (κ2) is 12.1. The van der Waals surface area contributed by atoms with Gasteiger partial charge in [-0.15, -0.1) is 0 Å². The number of allylic oxidation sites excluding steroid dienone is 2. The van der Waals surface area contributed by atoms with Crippen molar-refractivity contribution < 1.29 is 45.3 Å². The molecule has 0 N–H and O–H groups in total. The third kappa shape index (κ3) is 6.51. The topological polar surface area (TPSA) is 36.9 Å². The lowest BCUT2D eigenvalue weighted by Crippen LogP contribution is -2.50. The number of hydrogen-bond acceptors (Lipinski definition) is 4. The summed E-state index contributed by atoms with van der Waals surface area (Å²) in [6.07, 6.45) is 3.69. The van der Waals surface area contributed by atoms with Crippen molar-refractivity contribution in [1.82, 2.24) is 0 Å². The van der Waals surface area contributed by atoms with E-state index in [0.717, 1.165) is 36.4 Å². The van der Waals surface area contributed by atoms with Gasteiger partial charge in [-0.2, -0.15) is 37.4 Å². The van der Waals surface area contributed by atoms with E-state index in [1.807, 2.05) is 20.0 Å². The Kier molecular flexibility index (Phi) is 9.71. The number of alkyl halides is 6. The van der Waals surface area contributed by atoms with Gasteiger partial charge in [-0.05, 0) is 60.7 Å². The summed E-state index contributed by atoms with van der Waals surface area (Å²) < 4.78 is 109. The van der Waals surface area contributed by atoms with E-state index in [9.17, 15) is 26.3 Å². The Labute approximate surface area is 235 Å². The Hall–Kier alpha value is -2.53. The molecule has 12 heteroatoms. The SMILES string of the molecule is CCCCc1ccc(OC2=C(Oc3ccc(CCC[Si](C)(C)Cl)cc3OC)C(F)(F)C(F)(F)C2(F)F)c(OC)c1. The normalized spacial score (nSPS) is 17.6. The van der Waals surface area contributed by atoms with Crippen LogP contribution in [-0.2, 0) is 12.8 Å². The standard InChI is InChI=1S/C28H33ClF6O4Si/c1-6-7-9-18-11-13-20(22(16-18)36-2)38-24-25(27(32,33)28(34,35)26(24,30)31)39-21-14-12-19(17-23(21)37-3)10-8-15-40(4,5)29/h11-14,16-17H,6-10,15H2,1-5H3. The molecular formula is C28H33ClF6O4Si. The fourth-order valence-corrected chi connectivity index (χ4v) is 5.62. The minimum atomic E-state index is -5.83. The van der Waals surface area contributed by atoms with Gasteiger partial charge in [0.15, 0.2) is 30.4 Å². The molecule has 0 aromatic heterocycles. The molecule has 0 saturated carbocycles. The maximum absolute atomic E-state index is 14.9. The molecule has 1 aliphatic rings. The zero-order valence-electron chi connectivity index (χ0n) is 23.0. The predicted molar refractivity (Wildman–Crippen MR) is 144 cm³/mol.